The number of amides is 1. The van der Waals surface area contributed by atoms with Gasteiger partial charge in [-0.3, -0.25) is 14.2 Å². The van der Waals surface area contributed by atoms with E-state index < -0.39 is 0 Å². The number of carbonyl (C=O) groups is 1. The summed E-state index contributed by atoms with van der Waals surface area (Å²) in [4.78, 5) is 12.1. The van der Waals surface area contributed by atoms with Crippen molar-refractivity contribution in [3.63, 3.8) is 0 Å². The molecule has 0 radical (unpaired) electrons. The van der Waals surface area contributed by atoms with Crippen LogP contribution in [-0.2, 0) is 17.9 Å². The molecule has 6 nitrogen and oxygen atoms in total. The molecule has 134 valence electrons. The SMILES string of the molecule is CCn1cc(/C=C/C(=O)Nc2cc(C)n(Cc3ccccc3F)n2)cn1. The number of nitrogens with zero attached hydrogens (tertiary/aromatic N) is 4. The van der Waals surface area contributed by atoms with Crippen molar-refractivity contribution >= 4 is 17.8 Å². The number of aromatic nitrogens is 4. The first-order valence-electron chi connectivity index (χ1n) is 8.34. The molecule has 2 aromatic heterocycles. The van der Waals surface area contributed by atoms with Gasteiger partial charge in [0.2, 0.25) is 5.91 Å². The van der Waals surface area contributed by atoms with Gasteiger partial charge in [0.25, 0.3) is 0 Å². The van der Waals surface area contributed by atoms with Crippen LogP contribution < -0.4 is 5.32 Å². The monoisotopic (exact) mass is 353 g/mol. The van der Waals surface area contributed by atoms with Crippen molar-refractivity contribution in [1.82, 2.24) is 19.6 Å². The average Bonchev–Trinajstić information content (AvgIpc) is 3.22. The summed E-state index contributed by atoms with van der Waals surface area (Å²) in [5, 5.41) is 11.2. The number of hydrogen-bond acceptors (Lipinski definition) is 3. The van der Waals surface area contributed by atoms with Crippen molar-refractivity contribution in [3.05, 3.63) is 71.4 Å². The topological polar surface area (TPSA) is 64.7 Å². The maximum absolute atomic E-state index is 13.8. The van der Waals surface area contributed by atoms with Crippen LogP contribution in [-0.4, -0.2) is 25.5 Å². The molecular formula is C19H20FN5O. The van der Waals surface area contributed by atoms with Gasteiger partial charge in [-0.2, -0.15) is 10.2 Å². The summed E-state index contributed by atoms with van der Waals surface area (Å²) >= 11 is 0. The van der Waals surface area contributed by atoms with Crippen LogP contribution in [0.15, 0.2) is 48.8 Å². The molecule has 3 aromatic rings. The molecule has 1 N–H and O–H groups in total. The molecule has 0 spiro atoms. The fourth-order valence-corrected chi connectivity index (χ4v) is 2.50. The number of aryl methyl sites for hydroxylation is 2. The van der Waals surface area contributed by atoms with Gasteiger partial charge in [-0.25, -0.2) is 4.39 Å². The Bertz CT molecular complexity index is 941. The average molecular weight is 353 g/mol. The van der Waals surface area contributed by atoms with Crippen LogP contribution in [0.4, 0.5) is 10.2 Å². The van der Waals surface area contributed by atoms with Gasteiger partial charge in [-0.1, -0.05) is 18.2 Å². The van der Waals surface area contributed by atoms with Crippen molar-refractivity contribution in [3.8, 4) is 0 Å². The van der Waals surface area contributed by atoms with Crippen molar-refractivity contribution < 1.29 is 9.18 Å². The van der Waals surface area contributed by atoms with Crippen LogP contribution in [0.25, 0.3) is 6.08 Å². The molecule has 0 saturated carbocycles. The van der Waals surface area contributed by atoms with Crippen molar-refractivity contribution in [1.29, 1.82) is 0 Å². The molecule has 0 aliphatic heterocycles. The molecule has 1 aromatic carbocycles. The third kappa shape index (κ3) is 4.24. The van der Waals surface area contributed by atoms with E-state index >= 15 is 0 Å². The first-order valence-corrected chi connectivity index (χ1v) is 8.34. The summed E-state index contributed by atoms with van der Waals surface area (Å²) in [7, 11) is 0. The molecule has 1 amide bonds. The molecule has 0 aliphatic rings. The van der Waals surface area contributed by atoms with E-state index in [1.165, 1.54) is 12.1 Å². The smallest absolute Gasteiger partial charge is 0.249 e. The number of rotatable bonds is 6. The fourth-order valence-electron chi connectivity index (χ4n) is 2.50. The van der Waals surface area contributed by atoms with Gasteiger partial charge in [0.05, 0.1) is 12.7 Å². The fraction of sp³-hybridized carbons (Fsp3) is 0.211. The van der Waals surface area contributed by atoms with Gasteiger partial charge < -0.3 is 5.32 Å². The summed E-state index contributed by atoms with van der Waals surface area (Å²) in [5.41, 5.74) is 2.23. The minimum absolute atomic E-state index is 0.274. The third-order valence-corrected chi connectivity index (χ3v) is 3.91. The number of carbonyl (C=O) groups excluding carboxylic acids is 1. The molecule has 7 heteroatoms. The Kier molecular flexibility index (Phi) is 5.26. The number of benzene rings is 1. The lowest BCUT2D eigenvalue weighted by Gasteiger charge is -2.05. The number of halogens is 1. The maximum Gasteiger partial charge on any atom is 0.249 e. The molecule has 0 aliphatic carbocycles. The van der Waals surface area contributed by atoms with Gasteiger partial charge in [-0.05, 0) is 26.0 Å². The zero-order valence-electron chi connectivity index (χ0n) is 14.7. The van der Waals surface area contributed by atoms with Crippen LogP contribution in [0, 0.1) is 12.7 Å². The van der Waals surface area contributed by atoms with Gasteiger partial charge in [0.1, 0.15) is 5.82 Å². The highest BCUT2D eigenvalue weighted by molar-refractivity contribution is 6.01. The third-order valence-electron chi connectivity index (χ3n) is 3.91. The minimum Gasteiger partial charge on any atom is -0.306 e. The molecular weight excluding hydrogens is 333 g/mol. The second-order valence-corrected chi connectivity index (χ2v) is 5.87. The summed E-state index contributed by atoms with van der Waals surface area (Å²) < 4.78 is 17.2. The van der Waals surface area contributed by atoms with E-state index in [0.29, 0.717) is 17.9 Å². The Hall–Kier alpha value is -3.22. The number of anilines is 1. The van der Waals surface area contributed by atoms with E-state index in [1.807, 2.05) is 20.0 Å². The maximum atomic E-state index is 13.8. The van der Waals surface area contributed by atoms with Crippen molar-refractivity contribution in [2.24, 2.45) is 0 Å². The lowest BCUT2D eigenvalue weighted by Crippen LogP contribution is -2.10. The van der Waals surface area contributed by atoms with Crippen molar-refractivity contribution in [2.75, 3.05) is 5.32 Å². The highest BCUT2D eigenvalue weighted by Crippen LogP contribution is 2.13. The Morgan fingerprint density at radius 1 is 1.35 bits per heavy atom. The second kappa shape index (κ2) is 7.77. The van der Waals surface area contributed by atoms with Crippen LogP contribution in [0.1, 0.15) is 23.7 Å². The van der Waals surface area contributed by atoms with Gasteiger partial charge in [-0.15, -0.1) is 0 Å². The molecule has 0 bridgehead atoms. The highest BCUT2D eigenvalue weighted by atomic mass is 19.1. The summed E-state index contributed by atoms with van der Waals surface area (Å²) in [5.74, 6) is -0.133. The summed E-state index contributed by atoms with van der Waals surface area (Å²) in [6.07, 6.45) is 6.68. The van der Waals surface area contributed by atoms with E-state index in [0.717, 1.165) is 17.8 Å². The van der Waals surface area contributed by atoms with Gasteiger partial charge in [0, 0.05) is 41.7 Å². The number of nitrogens with one attached hydrogen (secondary N) is 1. The Labute approximate surface area is 151 Å². The largest absolute Gasteiger partial charge is 0.306 e. The predicted molar refractivity (Wildman–Crippen MR) is 98.0 cm³/mol. The second-order valence-electron chi connectivity index (χ2n) is 5.87. The Morgan fingerprint density at radius 2 is 2.15 bits per heavy atom. The van der Waals surface area contributed by atoms with Crippen LogP contribution in [0.3, 0.4) is 0 Å². The predicted octanol–water partition coefficient (Wildman–Crippen LogP) is 3.25. The molecule has 0 saturated heterocycles. The van der Waals surface area contributed by atoms with Gasteiger partial charge >= 0.3 is 0 Å². The van der Waals surface area contributed by atoms with Crippen molar-refractivity contribution in [2.45, 2.75) is 26.9 Å². The zero-order valence-corrected chi connectivity index (χ0v) is 14.7. The molecule has 0 atom stereocenters. The Balaban J connectivity index is 1.65. The first kappa shape index (κ1) is 17.6. The first-order chi connectivity index (χ1) is 12.5. The molecule has 0 fully saturated rings. The van der Waals surface area contributed by atoms with Gasteiger partial charge in [0.15, 0.2) is 5.82 Å². The van der Waals surface area contributed by atoms with Crippen LogP contribution >= 0.6 is 0 Å². The Morgan fingerprint density at radius 3 is 2.88 bits per heavy atom. The van der Waals surface area contributed by atoms with Crippen LogP contribution in [0.2, 0.25) is 0 Å². The minimum atomic E-state index is -0.287. The van der Waals surface area contributed by atoms with Crippen LogP contribution in [0.5, 0.6) is 0 Å². The summed E-state index contributed by atoms with van der Waals surface area (Å²) in [6, 6.07) is 8.32. The zero-order chi connectivity index (χ0) is 18.5. The lowest BCUT2D eigenvalue weighted by atomic mass is 10.2. The van der Waals surface area contributed by atoms with E-state index in [4.69, 9.17) is 0 Å². The van der Waals surface area contributed by atoms with E-state index in [9.17, 15) is 9.18 Å². The van der Waals surface area contributed by atoms with E-state index in [2.05, 4.69) is 15.5 Å². The number of hydrogen-bond donors (Lipinski definition) is 1. The standard InChI is InChI=1S/C19H20FN5O/c1-3-24-12-15(11-21-24)8-9-19(26)22-18-10-14(2)25(23-18)13-16-6-4-5-7-17(16)20/h4-12H,3,13H2,1-2H3,(H,22,23,26)/b9-8+. The van der Waals surface area contributed by atoms with E-state index in [1.54, 1.807) is 45.9 Å². The normalized spacial score (nSPS) is 11.2. The molecule has 0 unspecified atom stereocenters. The summed E-state index contributed by atoms with van der Waals surface area (Å²) in [6.45, 7) is 4.94. The quantitative estimate of drug-likeness (QED) is 0.692. The lowest BCUT2D eigenvalue weighted by molar-refractivity contribution is -0.111. The van der Waals surface area contributed by atoms with E-state index in [-0.39, 0.29) is 11.7 Å². The molecule has 3 rings (SSSR count). The molecule has 26 heavy (non-hydrogen) atoms. The molecule has 2 heterocycles. The highest BCUT2D eigenvalue weighted by Gasteiger charge is 2.09.